The monoisotopic (exact) mass is 216 g/mol. The summed E-state index contributed by atoms with van der Waals surface area (Å²) in [6.07, 6.45) is 1.02. The molecule has 1 N–H and O–H groups in total. The molecule has 0 aliphatic carbocycles. The standard InChI is InChI=1S/C13H16N2O/c1-10-12(9-16)5-6-15(10)13-4-2-3-11(7-13)8-14/h2-4,7,10,12,16H,5-6,9H2,1H3. The molecule has 2 atom stereocenters. The maximum Gasteiger partial charge on any atom is 0.0992 e. The second-order valence-corrected chi connectivity index (χ2v) is 4.33. The van der Waals surface area contributed by atoms with Gasteiger partial charge in [-0.2, -0.15) is 5.26 Å². The van der Waals surface area contributed by atoms with E-state index in [0.717, 1.165) is 18.7 Å². The summed E-state index contributed by atoms with van der Waals surface area (Å²) in [6.45, 7) is 3.34. The van der Waals surface area contributed by atoms with E-state index in [-0.39, 0.29) is 6.61 Å². The van der Waals surface area contributed by atoms with E-state index in [2.05, 4.69) is 17.9 Å². The van der Waals surface area contributed by atoms with Crippen molar-refractivity contribution in [3.63, 3.8) is 0 Å². The Morgan fingerprint density at radius 3 is 3.00 bits per heavy atom. The van der Waals surface area contributed by atoms with Crippen LogP contribution in [0.5, 0.6) is 0 Å². The van der Waals surface area contributed by atoms with Crippen molar-refractivity contribution in [2.45, 2.75) is 19.4 Å². The maximum atomic E-state index is 9.22. The van der Waals surface area contributed by atoms with Crippen molar-refractivity contribution in [1.82, 2.24) is 0 Å². The van der Waals surface area contributed by atoms with Crippen LogP contribution in [-0.2, 0) is 0 Å². The number of nitriles is 1. The van der Waals surface area contributed by atoms with Gasteiger partial charge >= 0.3 is 0 Å². The molecule has 3 nitrogen and oxygen atoms in total. The van der Waals surface area contributed by atoms with E-state index >= 15 is 0 Å². The summed E-state index contributed by atoms with van der Waals surface area (Å²) in [6, 6.07) is 10.2. The zero-order valence-corrected chi connectivity index (χ0v) is 9.43. The van der Waals surface area contributed by atoms with Gasteiger partial charge in [-0.25, -0.2) is 0 Å². The van der Waals surface area contributed by atoms with Crippen molar-refractivity contribution in [3.8, 4) is 6.07 Å². The van der Waals surface area contributed by atoms with E-state index in [9.17, 15) is 5.11 Å². The highest BCUT2D eigenvalue weighted by Crippen LogP contribution is 2.29. The van der Waals surface area contributed by atoms with Crippen molar-refractivity contribution in [3.05, 3.63) is 29.8 Å². The molecule has 1 aliphatic rings. The van der Waals surface area contributed by atoms with E-state index in [1.54, 1.807) is 0 Å². The highest BCUT2D eigenvalue weighted by Gasteiger charge is 2.30. The van der Waals surface area contributed by atoms with Gasteiger partial charge < -0.3 is 10.0 Å². The molecule has 1 fully saturated rings. The van der Waals surface area contributed by atoms with Crippen LogP contribution in [0.3, 0.4) is 0 Å². The first-order valence-electron chi connectivity index (χ1n) is 5.64. The number of rotatable bonds is 2. The Hall–Kier alpha value is -1.53. The van der Waals surface area contributed by atoms with Crippen LogP contribution >= 0.6 is 0 Å². The molecular weight excluding hydrogens is 200 g/mol. The van der Waals surface area contributed by atoms with Crippen molar-refractivity contribution in [2.24, 2.45) is 5.92 Å². The number of aliphatic hydroxyl groups excluding tert-OH is 1. The molecule has 84 valence electrons. The van der Waals surface area contributed by atoms with E-state index in [4.69, 9.17) is 5.26 Å². The van der Waals surface area contributed by atoms with Crippen molar-refractivity contribution in [1.29, 1.82) is 5.26 Å². The summed E-state index contributed by atoms with van der Waals surface area (Å²) in [5, 5.41) is 18.1. The Bertz CT molecular complexity index is 411. The van der Waals surface area contributed by atoms with Gasteiger partial charge in [0.05, 0.1) is 11.6 Å². The van der Waals surface area contributed by atoms with Gasteiger partial charge in [0.1, 0.15) is 0 Å². The summed E-state index contributed by atoms with van der Waals surface area (Å²) < 4.78 is 0. The van der Waals surface area contributed by atoms with Crippen LogP contribution in [0, 0.1) is 17.2 Å². The largest absolute Gasteiger partial charge is 0.396 e. The quantitative estimate of drug-likeness (QED) is 0.819. The normalized spacial score (nSPS) is 24.4. The summed E-state index contributed by atoms with van der Waals surface area (Å²) in [5.74, 6) is 0.353. The predicted molar refractivity (Wildman–Crippen MR) is 63.2 cm³/mol. The van der Waals surface area contributed by atoms with Gasteiger partial charge in [-0.15, -0.1) is 0 Å². The lowest BCUT2D eigenvalue weighted by atomic mass is 10.0. The van der Waals surface area contributed by atoms with Crippen LogP contribution in [0.15, 0.2) is 24.3 Å². The van der Waals surface area contributed by atoms with E-state index in [1.807, 2.05) is 24.3 Å². The number of aliphatic hydroxyl groups is 1. The third kappa shape index (κ3) is 1.89. The lowest BCUT2D eigenvalue weighted by Gasteiger charge is -2.26. The Kier molecular flexibility index (Phi) is 3.12. The zero-order valence-electron chi connectivity index (χ0n) is 9.43. The first-order chi connectivity index (χ1) is 7.76. The molecule has 1 aliphatic heterocycles. The fourth-order valence-corrected chi connectivity index (χ4v) is 2.37. The first-order valence-corrected chi connectivity index (χ1v) is 5.64. The molecule has 3 heteroatoms. The molecule has 1 aromatic carbocycles. The van der Waals surface area contributed by atoms with Gasteiger partial charge in [0.25, 0.3) is 0 Å². The molecule has 2 unspecified atom stereocenters. The highest BCUT2D eigenvalue weighted by atomic mass is 16.3. The second kappa shape index (κ2) is 4.54. The van der Waals surface area contributed by atoms with E-state index in [1.165, 1.54) is 0 Å². The minimum Gasteiger partial charge on any atom is -0.396 e. The van der Waals surface area contributed by atoms with Gasteiger partial charge in [-0.05, 0) is 31.5 Å². The fourth-order valence-electron chi connectivity index (χ4n) is 2.37. The van der Waals surface area contributed by atoms with Crippen LogP contribution in [0.4, 0.5) is 5.69 Å². The van der Waals surface area contributed by atoms with Crippen LogP contribution in [0.25, 0.3) is 0 Å². The van der Waals surface area contributed by atoms with Gasteiger partial charge in [0, 0.05) is 30.8 Å². The zero-order chi connectivity index (χ0) is 11.5. The van der Waals surface area contributed by atoms with Crippen LogP contribution in [-0.4, -0.2) is 24.3 Å². The topological polar surface area (TPSA) is 47.3 Å². The number of anilines is 1. The Morgan fingerprint density at radius 1 is 1.56 bits per heavy atom. The molecule has 0 bridgehead atoms. The molecular formula is C13H16N2O. The van der Waals surface area contributed by atoms with Crippen LogP contribution in [0.2, 0.25) is 0 Å². The smallest absolute Gasteiger partial charge is 0.0992 e. The fraction of sp³-hybridized carbons (Fsp3) is 0.462. The number of benzene rings is 1. The van der Waals surface area contributed by atoms with Gasteiger partial charge in [0.2, 0.25) is 0 Å². The Balaban J connectivity index is 2.22. The minimum atomic E-state index is 0.246. The van der Waals surface area contributed by atoms with E-state index in [0.29, 0.717) is 17.5 Å². The van der Waals surface area contributed by atoms with E-state index < -0.39 is 0 Å². The van der Waals surface area contributed by atoms with Crippen molar-refractivity contribution < 1.29 is 5.11 Å². The lowest BCUT2D eigenvalue weighted by Crippen LogP contribution is -2.31. The summed E-state index contributed by atoms with van der Waals surface area (Å²) in [7, 11) is 0. The minimum absolute atomic E-state index is 0.246. The van der Waals surface area contributed by atoms with Crippen LogP contribution in [0.1, 0.15) is 18.9 Å². The Morgan fingerprint density at radius 2 is 2.38 bits per heavy atom. The molecule has 1 heterocycles. The van der Waals surface area contributed by atoms with Gasteiger partial charge in [-0.1, -0.05) is 6.07 Å². The highest BCUT2D eigenvalue weighted by molar-refractivity contribution is 5.53. The average Bonchev–Trinajstić information content (AvgIpc) is 2.70. The molecule has 0 aromatic heterocycles. The SMILES string of the molecule is CC1C(CO)CCN1c1cccc(C#N)c1. The summed E-state index contributed by atoms with van der Waals surface area (Å²) in [4.78, 5) is 2.27. The van der Waals surface area contributed by atoms with Crippen LogP contribution < -0.4 is 4.90 Å². The Labute approximate surface area is 95.9 Å². The van der Waals surface area contributed by atoms with Crippen molar-refractivity contribution in [2.75, 3.05) is 18.1 Å². The molecule has 0 saturated carbocycles. The number of nitrogens with zero attached hydrogens (tertiary/aromatic N) is 2. The molecule has 1 saturated heterocycles. The summed E-state index contributed by atoms with van der Waals surface area (Å²) in [5.41, 5.74) is 1.78. The van der Waals surface area contributed by atoms with Gasteiger partial charge in [-0.3, -0.25) is 0 Å². The number of hydrogen-bond acceptors (Lipinski definition) is 3. The first kappa shape index (κ1) is 11.0. The van der Waals surface area contributed by atoms with Gasteiger partial charge in [0.15, 0.2) is 0 Å². The molecule has 16 heavy (non-hydrogen) atoms. The predicted octanol–water partition coefficient (Wildman–Crippen LogP) is 1.77. The maximum absolute atomic E-state index is 9.22. The third-order valence-corrected chi connectivity index (χ3v) is 3.46. The second-order valence-electron chi connectivity index (χ2n) is 4.33. The molecule has 0 amide bonds. The molecule has 0 spiro atoms. The molecule has 1 aromatic rings. The molecule has 2 rings (SSSR count). The summed E-state index contributed by atoms with van der Waals surface area (Å²) >= 11 is 0. The average molecular weight is 216 g/mol. The number of hydrogen-bond donors (Lipinski definition) is 1. The molecule has 0 radical (unpaired) electrons. The lowest BCUT2D eigenvalue weighted by molar-refractivity contribution is 0.221. The van der Waals surface area contributed by atoms with Crippen molar-refractivity contribution >= 4 is 5.69 Å². The third-order valence-electron chi connectivity index (χ3n) is 3.46.